The Bertz CT molecular complexity index is 180. The van der Waals surface area contributed by atoms with Crippen LogP contribution in [0, 0.1) is 5.41 Å². The van der Waals surface area contributed by atoms with Crippen molar-refractivity contribution in [3.63, 3.8) is 0 Å². The van der Waals surface area contributed by atoms with Gasteiger partial charge in [-0.05, 0) is 19.3 Å². The molecule has 1 heterocycles. The topological polar surface area (TPSA) is 38.5 Å². The molecule has 0 aromatic carbocycles. The van der Waals surface area contributed by atoms with Gasteiger partial charge >= 0.3 is 0 Å². The molecule has 2 atom stereocenters. The highest BCUT2D eigenvalue weighted by Gasteiger charge is 2.28. The van der Waals surface area contributed by atoms with Crippen LogP contribution in [-0.2, 0) is 4.74 Å². The Balaban J connectivity index is 2.43. The maximum atomic E-state index is 5.96. The van der Waals surface area contributed by atoms with Gasteiger partial charge in [0.25, 0.3) is 0 Å². The molecule has 3 nitrogen and oxygen atoms in total. The molecule has 1 rings (SSSR count). The van der Waals surface area contributed by atoms with E-state index in [1.807, 2.05) is 0 Å². The third-order valence-corrected chi connectivity index (χ3v) is 3.19. The lowest BCUT2D eigenvalue weighted by Gasteiger charge is -2.38. The molecule has 0 saturated carbocycles. The summed E-state index contributed by atoms with van der Waals surface area (Å²) in [5.74, 6) is 0. The third kappa shape index (κ3) is 3.23. The van der Waals surface area contributed by atoms with E-state index in [9.17, 15) is 0 Å². The molecule has 1 saturated heterocycles. The predicted octanol–water partition coefficient (Wildman–Crippen LogP) is 1.08. The number of hydrogen-bond donors (Lipinski definition) is 1. The van der Waals surface area contributed by atoms with Gasteiger partial charge in [0.2, 0.25) is 0 Å². The van der Waals surface area contributed by atoms with Gasteiger partial charge < -0.3 is 10.5 Å². The Hall–Kier alpha value is -0.120. The van der Waals surface area contributed by atoms with Crippen LogP contribution in [0.25, 0.3) is 0 Å². The van der Waals surface area contributed by atoms with Crippen LogP contribution in [0.4, 0.5) is 0 Å². The smallest absolute Gasteiger partial charge is 0.0674 e. The molecular weight excluding hydrogens is 176 g/mol. The molecule has 0 aromatic heterocycles. The van der Waals surface area contributed by atoms with E-state index in [-0.39, 0.29) is 11.5 Å². The van der Waals surface area contributed by atoms with Crippen molar-refractivity contribution in [2.45, 2.75) is 39.8 Å². The third-order valence-electron chi connectivity index (χ3n) is 3.19. The number of morpholine rings is 1. The van der Waals surface area contributed by atoms with Crippen LogP contribution >= 0.6 is 0 Å². The zero-order chi connectivity index (χ0) is 10.8. The molecule has 0 spiro atoms. The molecule has 3 heteroatoms. The first-order chi connectivity index (χ1) is 6.42. The van der Waals surface area contributed by atoms with E-state index in [0.29, 0.717) is 6.10 Å². The van der Waals surface area contributed by atoms with Gasteiger partial charge in [0.05, 0.1) is 12.7 Å². The van der Waals surface area contributed by atoms with Gasteiger partial charge in [0.15, 0.2) is 0 Å². The maximum absolute atomic E-state index is 5.96. The van der Waals surface area contributed by atoms with E-state index in [4.69, 9.17) is 10.5 Å². The summed E-state index contributed by atoms with van der Waals surface area (Å²) < 4.78 is 5.51. The first-order valence-corrected chi connectivity index (χ1v) is 5.51. The van der Waals surface area contributed by atoms with E-state index in [2.05, 4.69) is 32.6 Å². The Labute approximate surface area is 87.6 Å². The van der Waals surface area contributed by atoms with E-state index in [0.717, 1.165) is 26.2 Å². The summed E-state index contributed by atoms with van der Waals surface area (Å²) >= 11 is 0. The quantitative estimate of drug-likeness (QED) is 0.741. The van der Waals surface area contributed by atoms with Crippen LogP contribution < -0.4 is 5.73 Å². The molecule has 84 valence electrons. The fourth-order valence-corrected chi connectivity index (χ4v) is 1.75. The Morgan fingerprint density at radius 2 is 2.21 bits per heavy atom. The summed E-state index contributed by atoms with van der Waals surface area (Å²) in [5.41, 5.74) is 6.16. The standard InChI is InChI=1S/C11H24N2O/c1-9-7-13(5-6-14-9)8-11(3,4)10(2)12/h9-10H,5-8,12H2,1-4H3. The summed E-state index contributed by atoms with van der Waals surface area (Å²) in [6, 6.07) is 0.237. The van der Waals surface area contributed by atoms with Gasteiger partial charge in [0.1, 0.15) is 0 Å². The van der Waals surface area contributed by atoms with Gasteiger partial charge in [-0.2, -0.15) is 0 Å². The molecule has 14 heavy (non-hydrogen) atoms. The Morgan fingerprint density at radius 1 is 1.57 bits per heavy atom. The molecule has 1 aliphatic heterocycles. The molecule has 0 aromatic rings. The largest absolute Gasteiger partial charge is 0.376 e. The summed E-state index contributed by atoms with van der Waals surface area (Å²) in [6.07, 6.45) is 0.368. The second kappa shape index (κ2) is 4.60. The van der Waals surface area contributed by atoms with Crippen molar-refractivity contribution in [1.29, 1.82) is 0 Å². The van der Waals surface area contributed by atoms with Crippen molar-refractivity contribution in [2.75, 3.05) is 26.2 Å². The van der Waals surface area contributed by atoms with Crippen molar-refractivity contribution in [1.82, 2.24) is 4.90 Å². The fraction of sp³-hybridized carbons (Fsp3) is 1.00. The van der Waals surface area contributed by atoms with Crippen molar-refractivity contribution in [2.24, 2.45) is 11.1 Å². The zero-order valence-electron chi connectivity index (χ0n) is 9.92. The van der Waals surface area contributed by atoms with E-state index < -0.39 is 0 Å². The van der Waals surface area contributed by atoms with Gasteiger partial charge in [-0.15, -0.1) is 0 Å². The minimum atomic E-state index is 0.192. The number of hydrogen-bond acceptors (Lipinski definition) is 3. The summed E-state index contributed by atoms with van der Waals surface area (Å²) in [4.78, 5) is 2.46. The Kier molecular flexibility index (Phi) is 3.93. The highest BCUT2D eigenvalue weighted by molar-refractivity contribution is 4.83. The highest BCUT2D eigenvalue weighted by atomic mass is 16.5. The van der Waals surface area contributed by atoms with Crippen LogP contribution in [0.1, 0.15) is 27.7 Å². The lowest BCUT2D eigenvalue weighted by atomic mass is 9.85. The van der Waals surface area contributed by atoms with Crippen LogP contribution in [0.5, 0.6) is 0 Å². The van der Waals surface area contributed by atoms with Crippen LogP contribution in [-0.4, -0.2) is 43.3 Å². The van der Waals surface area contributed by atoms with Crippen molar-refractivity contribution < 1.29 is 4.74 Å². The van der Waals surface area contributed by atoms with E-state index in [1.165, 1.54) is 0 Å². The van der Waals surface area contributed by atoms with Crippen molar-refractivity contribution >= 4 is 0 Å². The number of nitrogens with zero attached hydrogens (tertiary/aromatic N) is 1. The average Bonchev–Trinajstić information content (AvgIpc) is 2.02. The van der Waals surface area contributed by atoms with E-state index in [1.54, 1.807) is 0 Å². The van der Waals surface area contributed by atoms with Gasteiger partial charge in [-0.3, -0.25) is 4.90 Å². The fourth-order valence-electron chi connectivity index (χ4n) is 1.75. The average molecular weight is 200 g/mol. The van der Waals surface area contributed by atoms with Gasteiger partial charge in [-0.25, -0.2) is 0 Å². The van der Waals surface area contributed by atoms with Gasteiger partial charge in [0, 0.05) is 25.7 Å². The predicted molar refractivity (Wildman–Crippen MR) is 59.3 cm³/mol. The second-order valence-electron chi connectivity index (χ2n) is 5.19. The second-order valence-corrected chi connectivity index (χ2v) is 5.19. The molecule has 0 radical (unpaired) electrons. The van der Waals surface area contributed by atoms with Gasteiger partial charge in [-0.1, -0.05) is 13.8 Å². The van der Waals surface area contributed by atoms with Crippen LogP contribution in [0.15, 0.2) is 0 Å². The first kappa shape index (κ1) is 12.0. The summed E-state index contributed by atoms with van der Waals surface area (Å²) in [7, 11) is 0. The first-order valence-electron chi connectivity index (χ1n) is 5.51. The number of ether oxygens (including phenoxy) is 1. The van der Waals surface area contributed by atoms with Crippen molar-refractivity contribution in [3.05, 3.63) is 0 Å². The normalized spacial score (nSPS) is 27.6. The lowest BCUT2D eigenvalue weighted by Crippen LogP contribution is -2.49. The van der Waals surface area contributed by atoms with Crippen molar-refractivity contribution in [3.8, 4) is 0 Å². The molecule has 1 aliphatic rings. The lowest BCUT2D eigenvalue weighted by molar-refractivity contribution is -0.0308. The van der Waals surface area contributed by atoms with Crippen LogP contribution in [0.2, 0.25) is 0 Å². The van der Waals surface area contributed by atoms with E-state index >= 15 is 0 Å². The summed E-state index contributed by atoms with van der Waals surface area (Å²) in [5, 5.41) is 0. The highest BCUT2D eigenvalue weighted by Crippen LogP contribution is 2.21. The molecule has 0 amide bonds. The molecule has 2 unspecified atom stereocenters. The zero-order valence-corrected chi connectivity index (χ0v) is 9.92. The summed E-state index contributed by atoms with van der Waals surface area (Å²) in [6.45, 7) is 12.7. The molecular formula is C11H24N2O. The Morgan fingerprint density at radius 3 is 2.71 bits per heavy atom. The molecule has 0 bridgehead atoms. The molecule has 0 aliphatic carbocycles. The minimum absolute atomic E-state index is 0.192. The monoisotopic (exact) mass is 200 g/mol. The number of rotatable bonds is 3. The van der Waals surface area contributed by atoms with Crippen LogP contribution in [0.3, 0.4) is 0 Å². The SMILES string of the molecule is CC1CN(CC(C)(C)C(C)N)CCO1. The molecule has 2 N–H and O–H groups in total. The maximum Gasteiger partial charge on any atom is 0.0674 e. The number of nitrogens with two attached hydrogens (primary N) is 1. The molecule has 1 fully saturated rings. The minimum Gasteiger partial charge on any atom is -0.376 e.